The number of methoxy groups -OCH3 is 1. The van der Waals surface area contributed by atoms with E-state index in [4.69, 9.17) is 4.74 Å². The van der Waals surface area contributed by atoms with Crippen molar-refractivity contribution in [3.05, 3.63) is 69.8 Å². The Kier molecular flexibility index (Phi) is 6.49. The second kappa shape index (κ2) is 9.73. The van der Waals surface area contributed by atoms with Crippen molar-refractivity contribution in [3.8, 4) is 0 Å². The summed E-state index contributed by atoms with van der Waals surface area (Å²) in [5.41, 5.74) is 0.878. The Balaban J connectivity index is 1.54. The molecule has 1 aromatic heterocycles. The number of nitrogens with zero attached hydrogens (tertiary/aromatic N) is 3. The van der Waals surface area contributed by atoms with Crippen molar-refractivity contribution in [2.24, 2.45) is 0 Å². The Hall–Kier alpha value is -3.72. The first-order valence-corrected chi connectivity index (χ1v) is 12.3. The fourth-order valence-corrected chi connectivity index (χ4v) is 4.79. The van der Waals surface area contributed by atoms with Crippen molar-refractivity contribution >= 4 is 34.2 Å². The van der Waals surface area contributed by atoms with Gasteiger partial charge in [-0.3, -0.25) is 9.59 Å². The van der Waals surface area contributed by atoms with E-state index in [1.807, 2.05) is 9.47 Å². The second-order valence-corrected chi connectivity index (χ2v) is 9.24. The molecule has 1 amide bonds. The molecular weight excluding hydrogens is 463 g/mol. The maximum Gasteiger partial charge on any atom is 0.339 e. The number of nitrogens with one attached hydrogen (secondary N) is 1. The average Bonchev–Trinajstić information content (AvgIpc) is 3.74. The van der Waals surface area contributed by atoms with Crippen molar-refractivity contribution in [1.29, 1.82) is 0 Å². The zero-order valence-electron chi connectivity index (χ0n) is 20.4. The summed E-state index contributed by atoms with van der Waals surface area (Å²) in [6.45, 7) is 6.21. The molecule has 1 saturated carbocycles. The predicted octanol–water partition coefficient (Wildman–Crippen LogP) is 3.66. The number of rotatable bonds is 6. The summed E-state index contributed by atoms with van der Waals surface area (Å²) in [6, 6.07) is 9.58. The normalized spacial score (nSPS) is 16.2. The van der Waals surface area contributed by atoms with Gasteiger partial charge in [0.25, 0.3) is 5.91 Å². The highest BCUT2D eigenvalue weighted by molar-refractivity contribution is 6.09. The smallest absolute Gasteiger partial charge is 0.339 e. The number of pyridine rings is 1. The summed E-state index contributed by atoms with van der Waals surface area (Å²) in [5, 5.41) is 2.83. The van der Waals surface area contributed by atoms with E-state index >= 15 is 4.39 Å². The van der Waals surface area contributed by atoms with E-state index in [1.165, 1.54) is 19.2 Å². The highest BCUT2D eigenvalue weighted by Crippen LogP contribution is 2.38. The molecule has 1 saturated heterocycles. The number of carbonyl (C=O) groups excluding carboxylic acids is 2. The number of halogens is 1. The predicted molar refractivity (Wildman–Crippen MR) is 136 cm³/mol. The first-order valence-electron chi connectivity index (χ1n) is 12.3. The van der Waals surface area contributed by atoms with Crippen molar-refractivity contribution in [1.82, 2.24) is 9.47 Å². The number of likely N-dealkylation sites (N-methyl/N-ethyl adjacent to an activating group) is 1. The van der Waals surface area contributed by atoms with Crippen LogP contribution in [0, 0.1) is 5.82 Å². The SMILES string of the molecule is CCN1CCN(c2cc3c(cc2F)c(=O)c(C(=O)Nc2ccccc2C(=O)OC)cn3C2CC2)CC1. The molecule has 5 rings (SSSR count). The number of anilines is 2. The number of fused-ring (bicyclic) bond motifs is 1. The lowest BCUT2D eigenvalue weighted by atomic mass is 10.1. The molecule has 0 atom stereocenters. The number of piperazine rings is 1. The molecule has 8 nitrogen and oxygen atoms in total. The lowest BCUT2D eigenvalue weighted by Crippen LogP contribution is -2.46. The first kappa shape index (κ1) is 24.0. The molecule has 1 N–H and O–H groups in total. The van der Waals surface area contributed by atoms with E-state index < -0.39 is 23.1 Å². The van der Waals surface area contributed by atoms with Crippen molar-refractivity contribution < 1.29 is 18.7 Å². The lowest BCUT2D eigenvalue weighted by Gasteiger charge is -2.35. The van der Waals surface area contributed by atoms with E-state index in [0.29, 0.717) is 24.3 Å². The summed E-state index contributed by atoms with van der Waals surface area (Å²) in [5.74, 6) is -1.73. The Morgan fingerprint density at radius 1 is 1.08 bits per heavy atom. The van der Waals surface area contributed by atoms with E-state index in [9.17, 15) is 14.4 Å². The van der Waals surface area contributed by atoms with Crippen molar-refractivity contribution in [2.45, 2.75) is 25.8 Å². The van der Waals surface area contributed by atoms with Crippen LogP contribution in [0.4, 0.5) is 15.8 Å². The Bertz CT molecular complexity index is 1390. The molecule has 0 radical (unpaired) electrons. The summed E-state index contributed by atoms with van der Waals surface area (Å²) in [4.78, 5) is 43.0. The molecule has 188 valence electrons. The van der Waals surface area contributed by atoms with Gasteiger partial charge < -0.3 is 24.4 Å². The zero-order chi connectivity index (χ0) is 25.4. The van der Waals surface area contributed by atoms with Gasteiger partial charge in [-0.2, -0.15) is 0 Å². The molecule has 0 bridgehead atoms. The van der Waals surface area contributed by atoms with Gasteiger partial charge in [-0.25, -0.2) is 9.18 Å². The third-order valence-corrected chi connectivity index (χ3v) is 7.03. The van der Waals surface area contributed by atoms with Crippen LogP contribution in [-0.4, -0.2) is 61.2 Å². The average molecular weight is 493 g/mol. The minimum atomic E-state index is -0.659. The third kappa shape index (κ3) is 4.46. The largest absolute Gasteiger partial charge is 0.465 e. The molecule has 1 aliphatic carbocycles. The van der Waals surface area contributed by atoms with Crippen LogP contribution in [0.15, 0.2) is 47.4 Å². The minimum absolute atomic E-state index is 0.0993. The number of aromatic nitrogens is 1. The molecule has 9 heteroatoms. The van der Waals surface area contributed by atoms with Gasteiger partial charge in [-0.05, 0) is 43.7 Å². The Morgan fingerprint density at radius 3 is 2.47 bits per heavy atom. The molecule has 2 heterocycles. The summed E-state index contributed by atoms with van der Waals surface area (Å²) >= 11 is 0. The number of benzene rings is 2. The Morgan fingerprint density at radius 2 is 1.81 bits per heavy atom. The highest BCUT2D eigenvalue weighted by Gasteiger charge is 2.29. The monoisotopic (exact) mass is 492 g/mol. The number of hydrogen-bond acceptors (Lipinski definition) is 6. The maximum absolute atomic E-state index is 15.3. The first-order chi connectivity index (χ1) is 17.4. The fourth-order valence-electron chi connectivity index (χ4n) is 4.79. The summed E-state index contributed by atoms with van der Waals surface area (Å²) < 4.78 is 22.0. The molecule has 2 fully saturated rings. The quantitative estimate of drug-likeness (QED) is 0.529. The topological polar surface area (TPSA) is 83.9 Å². The molecule has 3 aromatic rings. The second-order valence-electron chi connectivity index (χ2n) is 9.24. The van der Waals surface area contributed by atoms with Gasteiger partial charge in [0.15, 0.2) is 0 Å². The molecule has 2 aliphatic rings. The highest BCUT2D eigenvalue weighted by atomic mass is 19.1. The molecule has 36 heavy (non-hydrogen) atoms. The zero-order valence-corrected chi connectivity index (χ0v) is 20.4. The molecule has 2 aromatic carbocycles. The molecule has 0 unspecified atom stereocenters. The lowest BCUT2D eigenvalue weighted by molar-refractivity contribution is 0.0602. The van der Waals surface area contributed by atoms with Crippen molar-refractivity contribution in [2.75, 3.05) is 50.1 Å². The van der Waals surface area contributed by atoms with Gasteiger partial charge in [0.1, 0.15) is 11.4 Å². The van der Waals surface area contributed by atoms with Crippen LogP contribution >= 0.6 is 0 Å². The summed E-state index contributed by atoms with van der Waals surface area (Å²) in [7, 11) is 1.26. The van der Waals surface area contributed by atoms with Crippen LogP contribution in [0.2, 0.25) is 0 Å². The minimum Gasteiger partial charge on any atom is -0.465 e. The van der Waals surface area contributed by atoms with E-state index in [-0.39, 0.29) is 28.2 Å². The number of hydrogen-bond donors (Lipinski definition) is 1. The van der Waals surface area contributed by atoms with Crippen LogP contribution < -0.4 is 15.6 Å². The van der Waals surface area contributed by atoms with Gasteiger partial charge in [-0.15, -0.1) is 0 Å². The van der Waals surface area contributed by atoms with Crippen molar-refractivity contribution in [3.63, 3.8) is 0 Å². The number of amides is 1. The summed E-state index contributed by atoms with van der Waals surface area (Å²) in [6.07, 6.45) is 3.41. The fraction of sp³-hybridized carbons (Fsp3) is 0.370. The van der Waals surface area contributed by atoms with Gasteiger partial charge in [0.2, 0.25) is 5.43 Å². The van der Waals surface area contributed by atoms with Crippen LogP contribution in [0.1, 0.15) is 46.5 Å². The van der Waals surface area contributed by atoms with Gasteiger partial charge in [0.05, 0.1) is 29.6 Å². The molecular formula is C27H29FN4O4. The van der Waals surface area contributed by atoms with Crippen LogP contribution in [0.3, 0.4) is 0 Å². The van der Waals surface area contributed by atoms with E-state index in [1.54, 1.807) is 30.5 Å². The van der Waals surface area contributed by atoms with Gasteiger partial charge in [-0.1, -0.05) is 19.1 Å². The van der Waals surface area contributed by atoms with Crippen LogP contribution in [0.5, 0.6) is 0 Å². The van der Waals surface area contributed by atoms with Gasteiger partial charge in [0, 0.05) is 43.8 Å². The number of carbonyl (C=O) groups is 2. The maximum atomic E-state index is 15.3. The van der Waals surface area contributed by atoms with E-state index in [0.717, 1.165) is 32.5 Å². The molecule has 0 spiro atoms. The number of esters is 1. The molecule has 1 aliphatic heterocycles. The Labute approximate surface area is 208 Å². The van der Waals surface area contributed by atoms with Crippen LogP contribution in [-0.2, 0) is 4.74 Å². The van der Waals surface area contributed by atoms with Gasteiger partial charge >= 0.3 is 5.97 Å². The number of ether oxygens (including phenoxy) is 1. The standard InChI is InChI=1S/C27H29FN4O4/c1-3-30-10-12-31(13-11-30)24-15-23-19(14-21(24)28)25(33)20(16-32(23)17-8-9-17)26(34)29-22-7-5-4-6-18(22)27(35)36-2/h4-7,14-17H,3,8-13H2,1-2H3,(H,29,34). The van der Waals surface area contributed by atoms with E-state index in [2.05, 4.69) is 17.1 Å². The number of para-hydroxylation sites is 1. The third-order valence-electron chi connectivity index (χ3n) is 7.03. The van der Waals surface area contributed by atoms with Crippen LogP contribution in [0.25, 0.3) is 10.9 Å².